The quantitative estimate of drug-likeness (QED) is 0.517. The van der Waals surface area contributed by atoms with Crippen molar-refractivity contribution < 1.29 is 0 Å². The molecule has 1 aromatic carbocycles. The van der Waals surface area contributed by atoms with Gasteiger partial charge >= 0.3 is 0 Å². The molecule has 4 heteroatoms. The molecular weight excluding hydrogens is 242 g/mol. The first-order valence-electron chi connectivity index (χ1n) is 5.69. The number of hydrogen-bond donors (Lipinski definition) is 0. The highest BCUT2D eigenvalue weighted by Gasteiger charge is 2.10. The van der Waals surface area contributed by atoms with Crippen molar-refractivity contribution in [2.24, 2.45) is 0 Å². The summed E-state index contributed by atoms with van der Waals surface area (Å²) in [6, 6.07) is 14.4. The maximum absolute atomic E-state index is 4.31. The molecule has 0 saturated heterocycles. The van der Waals surface area contributed by atoms with Gasteiger partial charge in [-0.05, 0) is 35.0 Å². The summed E-state index contributed by atoms with van der Waals surface area (Å²) >= 11 is 1.67. The molecule has 0 saturated carbocycles. The molecule has 0 atom stereocenters. The Balaban J connectivity index is 2.19. The standard InChI is InChI=1S/C14H9N3S/c1-2-4-12-10(3-1)5-6-13-15-16-14(17(12)13)11-7-8-18-9-11/h1-9H. The van der Waals surface area contributed by atoms with Gasteiger partial charge < -0.3 is 0 Å². The third-order valence-corrected chi connectivity index (χ3v) is 3.74. The lowest BCUT2D eigenvalue weighted by molar-refractivity contribution is 1.12. The third kappa shape index (κ3) is 1.29. The van der Waals surface area contributed by atoms with Crippen LogP contribution in [0.2, 0.25) is 0 Å². The molecule has 3 heterocycles. The molecule has 0 aliphatic heterocycles. The van der Waals surface area contributed by atoms with E-state index in [1.807, 2.05) is 18.2 Å². The van der Waals surface area contributed by atoms with Gasteiger partial charge in [0.25, 0.3) is 0 Å². The largest absolute Gasteiger partial charge is 0.275 e. The number of benzene rings is 1. The summed E-state index contributed by atoms with van der Waals surface area (Å²) in [6.45, 7) is 0. The lowest BCUT2D eigenvalue weighted by Crippen LogP contribution is -1.90. The van der Waals surface area contributed by atoms with E-state index in [0.717, 1.165) is 22.6 Å². The first kappa shape index (κ1) is 9.79. The zero-order chi connectivity index (χ0) is 11.9. The maximum Gasteiger partial charge on any atom is 0.169 e. The zero-order valence-corrected chi connectivity index (χ0v) is 10.3. The van der Waals surface area contributed by atoms with Crippen molar-refractivity contribution in [1.29, 1.82) is 0 Å². The van der Waals surface area contributed by atoms with Crippen molar-refractivity contribution in [3.63, 3.8) is 0 Å². The van der Waals surface area contributed by atoms with Crippen LogP contribution in [0, 0.1) is 0 Å². The van der Waals surface area contributed by atoms with E-state index >= 15 is 0 Å². The monoisotopic (exact) mass is 251 g/mol. The van der Waals surface area contributed by atoms with Crippen LogP contribution < -0.4 is 0 Å². The number of fused-ring (bicyclic) bond motifs is 3. The van der Waals surface area contributed by atoms with Crippen LogP contribution in [0.25, 0.3) is 27.9 Å². The number of hydrogen-bond acceptors (Lipinski definition) is 3. The highest BCUT2D eigenvalue weighted by Crippen LogP contribution is 2.25. The van der Waals surface area contributed by atoms with Gasteiger partial charge in [0, 0.05) is 10.9 Å². The summed E-state index contributed by atoms with van der Waals surface area (Å²) in [4.78, 5) is 0. The van der Waals surface area contributed by atoms with Crippen LogP contribution in [0.15, 0.2) is 53.2 Å². The average molecular weight is 251 g/mol. The molecule has 18 heavy (non-hydrogen) atoms. The predicted octanol–water partition coefficient (Wildman–Crippen LogP) is 3.61. The van der Waals surface area contributed by atoms with E-state index in [9.17, 15) is 0 Å². The first-order valence-corrected chi connectivity index (χ1v) is 6.63. The molecule has 0 bridgehead atoms. The minimum atomic E-state index is 0.884. The van der Waals surface area contributed by atoms with Crippen molar-refractivity contribution in [3.05, 3.63) is 53.2 Å². The van der Waals surface area contributed by atoms with Gasteiger partial charge in [-0.2, -0.15) is 11.3 Å². The number of nitrogens with zero attached hydrogens (tertiary/aromatic N) is 3. The molecule has 3 nitrogen and oxygen atoms in total. The summed E-state index contributed by atoms with van der Waals surface area (Å²) in [6.07, 6.45) is 0. The molecule has 86 valence electrons. The first-order chi connectivity index (χ1) is 8.93. The van der Waals surface area contributed by atoms with Crippen LogP contribution in [0.4, 0.5) is 0 Å². The van der Waals surface area contributed by atoms with Gasteiger partial charge in [-0.15, -0.1) is 10.2 Å². The van der Waals surface area contributed by atoms with E-state index in [1.54, 1.807) is 11.3 Å². The van der Waals surface area contributed by atoms with Crippen molar-refractivity contribution in [2.75, 3.05) is 0 Å². The van der Waals surface area contributed by atoms with Crippen LogP contribution in [0.5, 0.6) is 0 Å². The number of thiophene rings is 1. The SMILES string of the molecule is c1ccc2c(c1)ccc1nnc(-c3ccsc3)n12. The summed E-state index contributed by atoms with van der Waals surface area (Å²) in [5.41, 5.74) is 3.14. The molecule has 4 rings (SSSR count). The Morgan fingerprint density at radius 1 is 0.944 bits per heavy atom. The van der Waals surface area contributed by atoms with Crippen molar-refractivity contribution >= 4 is 27.9 Å². The maximum atomic E-state index is 4.31. The molecule has 0 amide bonds. The molecular formula is C14H9N3S. The number of rotatable bonds is 1. The summed E-state index contributed by atoms with van der Waals surface area (Å²) < 4.78 is 2.11. The van der Waals surface area contributed by atoms with Crippen LogP contribution >= 0.6 is 11.3 Å². The molecule has 0 spiro atoms. The van der Waals surface area contributed by atoms with Gasteiger partial charge in [0.1, 0.15) is 0 Å². The second-order valence-electron chi connectivity index (χ2n) is 4.12. The Labute approximate surface area is 107 Å². The topological polar surface area (TPSA) is 30.2 Å². The number of pyridine rings is 1. The Hall–Kier alpha value is -2.20. The van der Waals surface area contributed by atoms with Gasteiger partial charge in [-0.1, -0.05) is 18.2 Å². The molecule has 4 aromatic rings. The van der Waals surface area contributed by atoms with Crippen molar-refractivity contribution in [2.45, 2.75) is 0 Å². The summed E-state index contributed by atoms with van der Waals surface area (Å²) in [5.74, 6) is 0.906. The minimum absolute atomic E-state index is 0.884. The lowest BCUT2D eigenvalue weighted by atomic mass is 10.2. The second kappa shape index (κ2) is 3.65. The van der Waals surface area contributed by atoms with Crippen LogP contribution in [-0.2, 0) is 0 Å². The molecule has 0 aliphatic rings. The zero-order valence-electron chi connectivity index (χ0n) is 9.45. The third-order valence-electron chi connectivity index (χ3n) is 3.06. The summed E-state index contributed by atoms with van der Waals surface area (Å²) in [7, 11) is 0. The fourth-order valence-corrected chi connectivity index (χ4v) is 2.85. The van der Waals surface area contributed by atoms with Gasteiger partial charge in [0.2, 0.25) is 0 Å². The minimum Gasteiger partial charge on any atom is -0.275 e. The van der Waals surface area contributed by atoms with Crippen molar-refractivity contribution in [3.8, 4) is 11.4 Å². The molecule has 0 unspecified atom stereocenters. The van der Waals surface area contributed by atoms with Gasteiger partial charge in [0.05, 0.1) is 5.52 Å². The Morgan fingerprint density at radius 3 is 2.78 bits per heavy atom. The Kier molecular flexibility index (Phi) is 1.98. The average Bonchev–Trinajstić information content (AvgIpc) is 3.07. The number of aromatic nitrogens is 3. The van der Waals surface area contributed by atoms with E-state index in [1.165, 1.54) is 5.39 Å². The Morgan fingerprint density at radius 2 is 1.89 bits per heavy atom. The van der Waals surface area contributed by atoms with E-state index < -0.39 is 0 Å². The highest BCUT2D eigenvalue weighted by molar-refractivity contribution is 7.08. The van der Waals surface area contributed by atoms with Crippen LogP contribution in [0.1, 0.15) is 0 Å². The Bertz CT molecular complexity index is 831. The fourth-order valence-electron chi connectivity index (χ4n) is 2.22. The summed E-state index contributed by atoms with van der Waals surface area (Å²) in [5, 5.41) is 13.9. The van der Waals surface area contributed by atoms with E-state index in [4.69, 9.17) is 0 Å². The van der Waals surface area contributed by atoms with Crippen LogP contribution in [-0.4, -0.2) is 14.6 Å². The number of para-hydroxylation sites is 1. The highest BCUT2D eigenvalue weighted by atomic mass is 32.1. The van der Waals surface area contributed by atoms with Gasteiger partial charge in [-0.3, -0.25) is 4.40 Å². The van der Waals surface area contributed by atoms with Gasteiger partial charge in [0.15, 0.2) is 11.5 Å². The van der Waals surface area contributed by atoms with E-state index in [-0.39, 0.29) is 0 Å². The molecule has 3 aromatic heterocycles. The van der Waals surface area contributed by atoms with E-state index in [2.05, 4.69) is 49.6 Å². The molecule has 0 aliphatic carbocycles. The molecule has 0 radical (unpaired) electrons. The lowest BCUT2D eigenvalue weighted by Gasteiger charge is -2.03. The van der Waals surface area contributed by atoms with Crippen LogP contribution in [0.3, 0.4) is 0 Å². The normalized spacial score (nSPS) is 11.3. The van der Waals surface area contributed by atoms with Crippen molar-refractivity contribution in [1.82, 2.24) is 14.6 Å². The van der Waals surface area contributed by atoms with E-state index in [0.29, 0.717) is 0 Å². The predicted molar refractivity (Wildman–Crippen MR) is 73.8 cm³/mol. The van der Waals surface area contributed by atoms with Gasteiger partial charge in [-0.25, -0.2) is 0 Å². The molecule has 0 fully saturated rings. The smallest absolute Gasteiger partial charge is 0.169 e. The fraction of sp³-hybridized carbons (Fsp3) is 0. The molecule has 0 N–H and O–H groups in total. The second-order valence-corrected chi connectivity index (χ2v) is 4.90.